The van der Waals surface area contributed by atoms with Crippen LogP contribution in [0.3, 0.4) is 0 Å². The van der Waals surface area contributed by atoms with Crippen molar-refractivity contribution in [2.45, 2.75) is 25.3 Å². The molecule has 0 unspecified atom stereocenters. The minimum Gasteiger partial charge on any atom is -0.354 e. The average Bonchev–Trinajstić information content (AvgIpc) is 2.93. The zero-order valence-corrected chi connectivity index (χ0v) is 8.90. The molecule has 1 rings (SSSR count). The number of nitrogens with one attached hydrogen (secondary N) is 1. The Bertz CT molecular complexity index is 171. The van der Waals surface area contributed by atoms with Crippen molar-refractivity contribution in [3.05, 3.63) is 0 Å². The average molecular weight is 202 g/mol. The quantitative estimate of drug-likeness (QED) is 0.663. The van der Waals surface area contributed by atoms with Gasteiger partial charge >= 0.3 is 0 Å². The van der Waals surface area contributed by atoms with E-state index in [9.17, 15) is 4.79 Å². The summed E-state index contributed by atoms with van der Waals surface area (Å²) in [6.07, 6.45) is 5.33. The maximum atomic E-state index is 11.3. The van der Waals surface area contributed by atoms with Gasteiger partial charge in [0.25, 0.3) is 0 Å². The molecule has 0 saturated heterocycles. The van der Waals surface area contributed by atoms with Crippen molar-refractivity contribution in [1.29, 1.82) is 0 Å². The molecule has 1 amide bonds. The Labute approximate surface area is 83.8 Å². The molecule has 3 nitrogen and oxygen atoms in total. The summed E-state index contributed by atoms with van der Waals surface area (Å²) >= 11 is 1.72. The highest BCUT2D eigenvalue weighted by molar-refractivity contribution is 7.98. The Kier molecular flexibility index (Phi) is 4.59. The Morgan fingerprint density at radius 3 is 2.92 bits per heavy atom. The summed E-state index contributed by atoms with van der Waals surface area (Å²) in [6, 6.07) is -0.314. The van der Waals surface area contributed by atoms with Crippen LogP contribution in [0.25, 0.3) is 0 Å². The number of thioether (sulfide) groups is 1. The van der Waals surface area contributed by atoms with Crippen LogP contribution < -0.4 is 11.1 Å². The molecule has 76 valence electrons. The zero-order valence-electron chi connectivity index (χ0n) is 8.08. The van der Waals surface area contributed by atoms with Crippen LogP contribution in [0.15, 0.2) is 0 Å². The molecule has 1 aliphatic carbocycles. The topological polar surface area (TPSA) is 55.1 Å². The summed E-state index contributed by atoms with van der Waals surface area (Å²) in [4.78, 5) is 11.3. The van der Waals surface area contributed by atoms with E-state index in [-0.39, 0.29) is 11.9 Å². The number of carbonyl (C=O) groups is 1. The second-order valence-corrected chi connectivity index (χ2v) is 4.56. The van der Waals surface area contributed by atoms with Gasteiger partial charge in [-0.1, -0.05) is 0 Å². The van der Waals surface area contributed by atoms with Gasteiger partial charge in [0, 0.05) is 6.54 Å². The molecule has 1 saturated carbocycles. The molecule has 0 radical (unpaired) electrons. The summed E-state index contributed by atoms with van der Waals surface area (Å²) in [5, 5.41) is 2.88. The number of carbonyl (C=O) groups excluding carboxylic acids is 1. The van der Waals surface area contributed by atoms with Gasteiger partial charge in [0.15, 0.2) is 0 Å². The molecule has 0 aliphatic heterocycles. The molecule has 1 aliphatic rings. The van der Waals surface area contributed by atoms with Crippen molar-refractivity contribution in [2.75, 3.05) is 18.6 Å². The molecule has 1 fully saturated rings. The molecule has 4 heteroatoms. The van der Waals surface area contributed by atoms with Gasteiger partial charge in [-0.3, -0.25) is 4.79 Å². The van der Waals surface area contributed by atoms with Crippen molar-refractivity contribution in [3.8, 4) is 0 Å². The lowest BCUT2D eigenvalue weighted by atomic mass is 10.2. The van der Waals surface area contributed by atoms with E-state index in [1.54, 1.807) is 11.8 Å². The summed E-state index contributed by atoms with van der Waals surface area (Å²) < 4.78 is 0. The Morgan fingerprint density at radius 1 is 1.69 bits per heavy atom. The van der Waals surface area contributed by atoms with E-state index in [4.69, 9.17) is 5.73 Å². The smallest absolute Gasteiger partial charge is 0.236 e. The molecular weight excluding hydrogens is 184 g/mol. The standard InChI is InChI=1S/C9H18N2OS/c1-13-5-4-8(10)9(12)11-6-7-2-3-7/h7-8H,2-6,10H2,1H3,(H,11,12)/t8-/m1/s1. The Hall–Kier alpha value is -0.220. The fourth-order valence-electron chi connectivity index (χ4n) is 1.07. The highest BCUT2D eigenvalue weighted by atomic mass is 32.2. The molecular formula is C9H18N2OS. The minimum absolute atomic E-state index is 0.0148. The Balaban J connectivity index is 2.05. The Morgan fingerprint density at radius 2 is 2.38 bits per heavy atom. The lowest BCUT2D eigenvalue weighted by Crippen LogP contribution is -2.41. The molecule has 1 atom stereocenters. The van der Waals surface area contributed by atoms with Crippen LogP contribution in [0.2, 0.25) is 0 Å². The molecule has 0 aromatic heterocycles. The van der Waals surface area contributed by atoms with E-state index in [1.807, 2.05) is 6.26 Å². The zero-order chi connectivity index (χ0) is 9.68. The maximum absolute atomic E-state index is 11.3. The van der Waals surface area contributed by atoms with Gasteiger partial charge in [0.2, 0.25) is 5.91 Å². The lowest BCUT2D eigenvalue weighted by Gasteiger charge is -2.10. The van der Waals surface area contributed by atoms with Gasteiger partial charge in [-0.15, -0.1) is 0 Å². The monoisotopic (exact) mass is 202 g/mol. The molecule has 0 aromatic rings. The third-order valence-corrected chi connectivity index (χ3v) is 2.88. The van der Waals surface area contributed by atoms with Crippen LogP contribution in [-0.4, -0.2) is 30.5 Å². The first-order valence-electron chi connectivity index (χ1n) is 4.76. The van der Waals surface area contributed by atoms with Crippen LogP contribution in [0.5, 0.6) is 0 Å². The van der Waals surface area contributed by atoms with E-state index >= 15 is 0 Å². The van der Waals surface area contributed by atoms with Crippen molar-refractivity contribution >= 4 is 17.7 Å². The van der Waals surface area contributed by atoms with E-state index in [2.05, 4.69) is 5.32 Å². The van der Waals surface area contributed by atoms with Gasteiger partial charge in [0.1, 0.15) is 0 Å². The predicted molar refractivity (Wildman–Crippen MR) is 56.7 cm³/mol. The number of rotatable bonds is 6. The second-order valence-electron chi connectivity index (χ2n) is 3.58. The first-order valence-corrected chi connectivity index (χ1v) is 6.15. The van der Waals surface area contributed by atoms with Crippen molar-refractivity contribution in [2.24, 2.45) is 11.7 Å². The molecule has 0 spiro atoms. The first-order chi connectivity index (χ1) is 6.24. The molecule has 0 heterocycles. The fourth-order valence-corrected chi connectivity index (χ4v) is 1.56. The third kappa shape index (κ3) is 4.52. The van der Waals surface area contributed by atoms with Crippen molar-refractivity contribution in [3.63, 3.8) is 0 Å². The fraction of sp³-hybridized carbons (Fsp3) is 0.889. The van der Waals surface area contributed by atoms with Gasteiger partial charge in [-0.2, -0.15) is 11.8 Å². The lowest BCUT2D eigenvalue weighted by molar-refractivity contribution is -0.122. The van der Waals surface area contributed by atoms with Gasteiger partial charge in [-0.05, 0) is 37.2 Å². The normalized spacial score (nSPS) is 18.3. The molecule has 0 aromatic carbocycles. The van der Waals surface area contributed by atoms with E-state index < -0.39 is 0 Å². The maximum Gasteiger partial charge on any atom is 0.236 e. The van der Waals surface area contributed by atoms with Crippen molar-refractivity contribution < 1.29 is 4.79 Å². The SMILES string of the molecule is CSCC[C@@H](N)C(=O)NCC1CC1. The van der Waals surface area contributed by atoms with Crippen molar-refractivity contribution in [1.82, 2.24) is 5.32 Å². The second kappa shape index (κ2) is 5.50. The largest absolute Gasteiger partial charge is 0.354 e. The van der Waals surface area contributed by atoms with Gasteiger partial charge < -0.3 is 11.1 Å². The third-order valence-electron chi connectivity index (χ3n) is 2.23. The molecule has 0 bridgehead atoms. The number of hydrogen-bond donors (Lipinski definition) is 2. The van der Waals surface area contributed by atoms with Crippen LogP contribution in [0.1, 0.15) is 19.3 Å². The first kappa shape index (κ1) is 10.9. The predicted octanol–water partition coefficient (Wildman–Crippen LogP) is 0.593. The van der Waals surface area contributed by atoms with E-state index in [1.165, 1.54) is 12.8 Å². The summed E-state index contributed by atoms with van der Waals surface area (Å²) in [5.74, 6) is 1.70. The van der Waals surface area contributed by atoms with Crippen LogP contribution in [0.4, 0.5) is 0 Å². The summed E-state index contributed by atoms with van der Waals surface area (Å²) in [5.41, 5.74) is 5.68. The van der Waals surface area contributed by atoms with Gasteiger partial charge in [-0.25, -0.2) is 0 Å². The number of nitrogens with two attached hydrogens (primary N) is 1. The van der Waals surface area contributed by atoms with Crippen LogP contribution in [-0.2, 0) is 4.79 Å². The van der Waals surface area contributed by atoms with Crippen LogP contribution >= 0.6 is 11.8 Å². The minimum atomic E-state index is -0.314. The number of amides is 1. The molecule has 3 N–H and O–H groups in total. The van der Waals surface area contributed by atoms with E-state index in [0.29, 0.717) is 0 Å². The summed E-state index contributed by atoms with van der Waals surface area (Å²) in [6.45, 7) is 0.825. The molecule has 13 heavy (non-hydrogen) atoms. The summed E-state index contributed by atoms with van der Waals surface area (Å²) in [7, 11) is 0. The highest BCUT2D eigenvalue weighted by Crippen LogP contribution is 2.27. The number of hydrogen-bond acceptors (Lipinski definition) is 3. The van der Waals surface area contributed by atoms with E-state index in [0.717, 1.165) is 24.6 Å². The van der Waals surface area contributed by atoms with Gasteiger partial charge in [0.05, 0.1) is 6.04 Å². The highest BCUT2D eigenvalue weighted by Gasteiger charge is 2.22. The van der Waals surface area contributed by atoms with Crippen LogP contribution in [0, 0.1) is 5.92 Å².